The minimum atomic E-state index is -0.129. The van der Waals surface area contributed by atoms with Crippen LogP contribution >= 0.6 is 11.3 Å². The predicted octanol–water partition coefficient (Wildman–Crippen LogP) is 2.16. The maximum absolute atomic E-state index is 12.5. The minimum Gasteiger partial charge on any atom is -0.379 e. The fourth-order valence-electron chi connectivity index (χ4n) is 2.86. The van der Waals surface area contributed by atoms with E-state index in [1.54, 1.807) is 25.2 Å². The second kappa shape index (κ2) is 7.25. The topological polar surface area (TPSA) is 67.6 Å². The van der Waals surface area contributed by atoms with E-state index in [2.05, 4.69) is 26.8 Å². The number of carbonyl (C=O) groups is 1. The first kappa shape index (κ1) is 16.2. The molecule has 0 spiro atoms. The molecule has 1 unspecified atom stereocenters. The van der Waals surface area contributed by atoms with Gasteiger partial charge in [-0.15, -0.1) is 11.3 Å². The van der Waals surface area contributed by atoms with Gasteiger partial charge in [0.2, 0.25) is 0 Å². The molecule has 0 saturated carbocycles. The summed E-state index contributed by atoms with van der Waals surface area (Å²) in [6.07, 6.45) is 0. The number of carbonyl (C=O) groups excluding carboxylic acids is 1. The zero-order valence-corrected chi connectivity index (χ0v) is 14.2. The molecule has 6 nitrogen and oxygen atoms in total. The third kappa shape index (κ3) is 3.63. The van der Waals surface area contributed by atoms with Gasteiger partial charge in [0.05, 0.1) is 24.9 Å². The number of nitrogens with one attached hydrogen (secondary N) is 1. The molecule has 2 aromatic rings. The lowest BCUT2D eigenvalue weighted by molar-refractivity contribution is 0.0169. The average Bonchev–Trinajstić information content (AvgIpc) is 3.19. The monoisotopic (exact) mass is 335 g/mol. The van der Waals surface area contributed by atoms with Gasteiger partial charge in [-0.3, -0.25) is 9.69 Å². The Hall–Kier alpha value is -1.70. The Morgan fingerprint density at radius 3 is 2.83 bits per heavy atom. The van der Waals surface area contributed by atoms with Gasteiger partial charge in [-0.2, -0.15) is 0 Å². The predicted molar refractivity (Wildman–Crippen MR) is 87.8 cm³/mol. The van der Waals surface area contributed by atoms with Crippen LogP contribution in [0.4, 0.5) is 0 Å². The summed E-state index contributed by atoms with van der Waals surface area (Å²) in [6, 6.07) is 4.33. The van der Waals surface area contributed by atoms with E-state index in [4.69, 9.17) is 9.26 Å². The molecule has 0 bridgehead atoms. The van der Waals surface area contributed by atoms with Gasteiger partial charge in [0.25, 0.3) is 5.91 Å². The van der Waals surface area contributed by atoms with E-state index in [9.17, 15) is 4.79 Å². The van der Waals surface area contributed by atoms with Crippen LogP contribution in [-0.4, -0.2) is 48.8 Å². The number of morpholine rings is 1. The highest BCUT2D eigenvalue weighted by atomic mass is 32.1. The molecular weight excluding hydrogens is 314 g/mol. The van der Waals surface area contributed by atoms with E-state index in [0.717, 1.165) is 26.3 Å². The number of nitrogens with zero attached hydrogens (tertiary/aromatic N) is 2. The van der Waals surface area contributed by atoms with Gasteiger partial charge in [-0.05, 0) is 25.3 Å². The number of amides is 1. The molecule has 3 rings (SSSR count). The van der Waals surface area contributed by atoms with Gasteiger partial charge in [-0.25, -0.2) is 0 Å². The van der Waals surface area contributed by atoms with Crippen molar-refractivity contribution in [2.45, 2.75) is 19.9 Å². The van der Waals surface area contributed by atoms with Crippen molar-refractivity contribution in [1.29, 1.82) is 0 Å². The van der Waals surface area contributed by atoms with Gasteiger partial charge in [-0.1, -0.05) is 11.2 Å². The van der Waals surface area contributed by atoms with Crippen LogP contribution in [0.3, 0.4) is 0 Å². The van der Waals surface area contributed by atoms with E-state index < -0.39 is 0 Å². The van der Waals surface area contributed by atoms with Crippen LogP contribution in [0.25, 0.3) is 0 Å². The SMILES string of the molecule is Cc1noc(C)c1C(=O)NCC(c1cccs1)N1CCOCC1. The smallest absolute Gasteiger partial charge is 0.256 e. The lowest BCUT2D eigenvalue weighted by atomic mass is 10.1. The molecule has 1 amide bonds. The number of aryl methyl sites for hydroxylation is 2. The molecule has 7 heteroatoms. The molecule has 3 heterocycles. The third-order valence-corrected chi connectivity index (χ3v) is 5.05. The second-order valence-corrected chi connectivity index (χ2v) is 6.57. The largest absolute Gasteiger partial charge is 0.379 e. The van der Waals surface area contributed by atoms with E-state index in [1.807, 2.05) is 6.07 Å². The van der Waals surface area contributed by atoms with E-state index in [1.165, 1.54) is 4.88 Å². The van der Waals surface area contributed by atoms with Gasteiger partial charge >= 0.3 is 0 Å². The third-order valence-electron chi connectivity index (χ3n) is 4.07. The van der Waals surface area contributed by atoms with Crippen LogP contribution in [0.1, 0.15) is 32.7 Å². The molecule has 124 valence electrons. The minimum absolute atomic E-state index is 0.129. The average molecular weight is 335 g/mol. The van der Waals surface area contributed by atoms with Crippen molar-refractivity contribution < 1.29 is 14.1 Å². The Balaban J connectivity index is 1.70. The van der Waals surface area contributed by atoms with Crippen molar-refractivity contribution in [3.8, 4) is 0 Å². The lowest BCUT2D eigenvalue weighted by Gasteiger charge is -2.34. The van der Waals surface area contributed by atoms with Crippen LogP contribution < -0.4 is 5.32 Å². The van der Waals surface area contributed by atoms with Gasteiger partial charge in [0, 0.05) is 24.5 Å². The van der Waals surface area contributed by atoms with Crippen molar-refractivity contribution in [3.63, 3.8) is 0 Å². The van der Waals surface area contributed by atoms with Gasteiger partial charge in [0.15, 0.2) is 0 Å². The Labute approximate surface area is 139 Å². The Morgan fingerprint density at radius 2 is 2.22 bits per heavy atom. The Bertz CT molecular complexity index is 628. The normalized spacial score (nSPS) is 17.1. The molecule has 0 aromatic carbocycles. The molecular formula is C16H21N3O3S. The zero-order valence-electron chi connectivity index (χ0n) is 13.4. The summed E-state index contributed by atoms with van der Waals surface area (Å²) in [7, 11) is 0. The highest BCUT2D eigenvalue weighted by Gasteiger charge is 2.25. The first-order valence-electron chi connectivity index (χ1n) is 7.73. The number of thiophene rings is 1. The van der Waals surface area contributed by atoms with E-state index >= 15 is 0 Å². The number of hydrogen-bond acceptors (Lipinski definition) is 6. The standard InChI is InChI=1S/C16H21N3O3S/c1-11-15(12(2)22-18-11)16(20)17-10-13(14-4-3-9-23-14)19-5-7-21-8-6-19/h3-4,9,13H,5-8,10H2,1-2H3,(H,17,20). The molecule has 0 aliphatic carbocycles. The van der Waals surface area contributed by atoms with Crippen LogP contribution in [0.2, 0.25) is 0 Å². The highest BCUT2D eigenvalue weighted by molar-refractivity contribution is 7.10. The maximum Gasteiger partial charge on any atom is 0.256 e. The van der Waals surface area contributed by atoms with E-state index in [-0.39, 0.29) is 11.9 Å². The maximum atomic E-state index is 12.5. The first-order valence-corrected chi connectivity index (χ1v) is 8.61. The summed E-state index contributed by atoms with van der Waals surface area (Å²) in [6.45, 7) is 7.33. The summed E-state index contributed by atoms with van der Waals surface area (Å²) < 4.78 is 10.5. The van der Waals surface area contributed by atoms with Gasteiger partial charge in [0.1, 0.15) is 11.3 Å². The van der Waals surface area contributed by atoms with Crippen LogP contribution in [-0.2, 0) is 4.74 Å². The van der Waals surface area contributed by atoms with Crippen molar-refractivity contribution in [3.05, 3.63) is 39.4 Å². The summed E-state index contributed by atoms with van der Waals surface area (Å²) in [4.78, 5) is 16.1. The summed E-state index contributed by atoms with van der Waals surface area (Å²) in [5, 5.41) is 8.95. The molecule has 0 radical (unpaired) electrons. The van der Waals surface area contributed by atoms with Crippen molar-refractivity contribution in [2.24, 2.45) is 0 Å². The number of rotatable bonds is 5. The summed E-state index contributed by atoms with van der Waals surface area (Å²) >= 11 is 1.72. The Morgan fingerprint density at radius 1 is 1.43 bits per heavy atom. The van der Waals surface area contributed by atoms with Crippen LogP contribution in [0.15, 0.2) is 22.0 Å². The van der Waals surface area contributed by atoms with Gasteiger partial charge < -0.3 is 14.6 Å². The lowest BCUT2D eigenvalue weighted by Crippen LogP contribution is -2.43. The first-order chi connectivity index (χ1) is 11.2. The molecule has 1 aliphatic heterocycles. The summed E-state index contributed by atoms with van der Waals surface area (Å²) in [5.41, 5.74) is 1.16. The second-order valence-electron chi connectivity index (χ2n) is 5.59. The fraction of sp³-hybridized carbons (Fsp3) is 0.500. The van der Waals surface area contributed by atoms with Crippen molar-refractivity contribution in [2.75, 3.05) is 32.8 Å². The molecule has 23 heavy (non-hydrogen) atoms. The highest BCUT2D eigenvalue weighted by Crippen LogP contribution is 2.25. The number of aromatic nitrogens is 1. The number of ether oxygens (including phenoxy) is 1. The molecule has 1 saturated heterocycles. The molecule has 1 fully saturated rings. The quantitative estimate of drug-likeness (QED) is 0.907. The molecule has 1 N–H and O–H groups in total. The molecule has 1 aliphatic rings. The van der Waals surface area contributed by atoms with Crippen molar-refractivity contribution >= 4 is 17.2 Å². The Kier molecular flexibility index (Phi) is 5.09. The fourth-order valence-corrected chi connectivity index (χ4v) is 3.73. The number of hydrogen-bond donors (Lipinski definition) is 1. The summed E-state index contributed by atoms with van der Waals surface area (Å²) in [5.74, 6) is 0.426. The molecule has 2 aromatic heterocycles. The van der Waals surface area contributed by atoms with E-state index in [0.29, 0.717) is 23.6 Å². The van der Waals surface area contributed by atoms with Crippen LogP contribution in [0, 0.1) is 13.8 Å². The zero-order chi connectivity index (χ0) is 16.2. The van der Waals surface area contributed by atoms with Crippen molar-refractivity contribution in [1.82, 2.24) is 15.4 Å². The molecule has 1 atom stereocenters. The van der Waals surface area contributed by atoms with Crippen LogP contribution in [0.5, 0.6) is 0 Å².